The Morgan fingerprint density at radius 1 is 0.941 bits per heavy atom. The van der Waals surface area contributed by atoms with Crippen molar-refractivity contribution >= 4 is 80.8 Å². The number of rotatable bonds is 7. The van der Waals surface area contributed by atoms with Crippen LogP contribution in [0.1, 0.15) is 18.1 Å². The summed E-state index contributed by atoms with van der Waals surface area (Å²) in [5.74, 6) is 0.946. The van der Waals surface area contributed by atoms with Crippen molar-refractivity contribution in [3.8, 4) is 11.5 Å². The molecule has 1 fully saturated rings. The number of ether oxygens (including phenoxy) is 2. The monoisotopic (exact) mass is 549 g/mol. The van der Waals surface area contributed by atoms with Crippen molar-refractivity contribution in [2.24, 2.45) is 0 Å². The molecule has 0 atom stereocenters. The molecular formula is C25H18Cl3NO3S2. The van der Waals surface area contributed by atoms with Crippen LogP contribution in [-0.4, -0.2) is 16.8 Å². The van der Waals surface area contributed by atoms with Crippen LogP contribution in [0.4, 0.5) is 5.69 Å². The first-order valence-electron chi connectivity index (χ1n) is 10.2. The molecule has 0 aliphatic carbocycles. The van der Waals surface area contributed by atoms with Crippen LogP contribution in [-0.2, 0) is 11.4 Å². The largest absolute Gasteiger partial charge is 0.490 e. The van der Waals surface area contributed by atoms with Gasteiger partial charge in [-0.3, -0.25) is 9.69 Å². The van der Waals surface area contributed by atoms with E-state index in [9.17, 15) is 4.79 Å². The minimum atomic E-state index is -0.187. The first-order valence-corrected chi connectivity index (χ1v) is 12.6. The van der Waals surface area contributed by atoms with E-state index in [1.165, 1.54) is 16.7 Å². The van der Waals surface area contributed by atoms with Gasteiger partial charge in [0.15, 0.2) is 15.8 Å². The zero-order chi connectivity index (χ0) is 24.2. The lowest BCUT2D eigenvalue weighted by molar-refractivity contribution is -0.113. The van der Waals surface area contributed by atoms with Gasteiger partial charge < -0.3 is 9.47 Å². The minimum Gasteiger partial charge on any atom is -0.490 e. The van der Waals surface area contributed by atoms with Crippen LogP contribution < -0.4 is 14.4 Å². The quantitative estimate of drug-likeness (QED) is 0.220. The van der Waals surface area contributed by atoms with Crippen LogP contribution in [0, 0.1) is 0 Å². The summed E-state index contributed by atoms with van der Waals surface area (Å²) < 4.78 is 12.2. The Morgan fingerprint density at radius 3 is 2.38 bits per heavy atom. The van der Waals surface area contributed by atoms with Gasteiger partial charge in [-0.2, -0.15) is 0 Å². The van der Waals surface area contributed by atoms with Crippen LogP contribution in [0.25, 0.3) is 6.08 Å². The maximum atomic E-state index is 13.0. The van der Waals surface area contributed by atoms with Gasteiger partial charge in [0.1, 0.15) is 6.61 Å². The van der Waals surface area contributed by atoms with E-state index in [1.807, 2.05) is 25.1 Å². The second-order valence-electron chi connectivity index (χ2n) is 7.16. The standard InChI is InChI=1S/C25H18Cl3NO3S2/c1-2-31-22-11-15(3-10-21(22)32-14-16-4-5-18(27)13-20(16)28)12-23-24(30)29(25(33)34-23)19-8-6-17(26)7-9-19/h3-13H,2,14H2,1H3/b23-12-. The van der Waals surface area contributed by atoms with E-state index in [-0.39, 0.29) is 12.5 Å². The summed E-state index contributed by atoms with van der Waals surface area (Å²) in [5, 5.41) is 1.69. The third-order valence-corrected chi connectivity index (χ3v) is 6.98. The summed E-state index contributed by atoms with van der Waals surface area (Å²) >= 11 is 24.9. The van der Waals surface area contributed by atoms with Crippen molar-refractivity contribution in [1.82, 2.24) is 0 Å². The SMILES string of the molecule is CCOc1cc(/C=C2\SC(=S)N(c3ccc(Cl)cc3)C2=O)ccc1OCc1ccc(Cl)cc1Cl. The molecule has 0 N–H and O–H groups in total. The number of benzene rings is 3. The van der Waals surface area contributed by atoms with Gasteiger partial charge in [0.2, 0.25) is 0 Å². The van der Waals surface area contributed by atoms with Crippen LogP contribution in [0.5, 0.6) is 11.5 Å². The number of anilines is 1. The number of hydrogen-bond acceptors (Lipinski definition) is 5. The predicted octanol–water partition coefficient (Wildman–Crippen LogP) is 8.03. The van der Waals surface area contributed by atoms with Crippen LogP contribution in [0.2, 0.25) is 15.1 Å². The van der Waals surface area contributed by atoms with Gasteiger partial charge in [-0.15, -0.1) is 0 Å². The molecule has 4 nitrogen and oxygen atoms in total. The molecule has 1 saturated heterocycles. The number of hydrogen-bond donors (Lipinski definition) is 0. The number of halogens is 3. The van der Waals surface area contributed by atoms with Crippen LogP contribution >= 0.6 is 58.8 Å². The molecule has 1 aliphatic rings. The predicted molar refractivity (Wildman–Crippen MR) is 146 cm³/mol. The lowest BCUT2D eigenvalue weighted by Crippen LogP contribution is -2.27. The van der Waals surface area contributed by atoms with Crippen molar-refractivity contribution in [3.05, 3.63) is 91.8 Å². The van der Waals surface area contributed by atoms with Crippen LogP contribution in [0.3, 0.4) is 0 Å². The molecule has 1 aliphatic heterocycles. The molecule has 0 bridgehead atoms. The minimum absolute atomic E-state index is 0.187. The molecule has 0 saturated carbocycles. The van der Waals surface area contributed by atoms with Gasteiger partial charge in [0.05, 0.1) is 17.2 Å². The maximum Gasteiger partial charge on any atom is 0.270 e. The normalized spacial score (nSPS) is 14.7. The third-order valence-electron chi connectivity index (χ3n) is 4.84. The molecule has 4 rings (SSSR count). The number of amides is 1. The summed E-state index contributed by atoms with van der Waals surface area (Å²) in [6.07, 6.45) is 1.79. The van der Waals surface area contributed by atoms with Crippen LogP contribution in [0.15, 0.2) is 65.6 Å². The van der Waals surface area contributed by atoms with Crippen molar-refractivity contribution in [1.29, 1.82) is 0 Å². The molecule has 1 heterocycles. The summed E-state index contributed by atoms with van der Waals surface area (Å²) in [4.78, 5) is 15.1. The molecule has 9 heteroatoms. The second kappa shape index (κ2) is 11.0. The Labute approximate surface area is 222 Å². The van der Waals surface area contributed by atoms with E-state index in [0.29, 0.717) is 48.1 Å². The van der Waals surface area contributed by atoms with E-state index in [4.69, 9.17) is 56.5 Å². The smallest absolute Gasteiger partial charge is 0.270 e. The molecule has 174 valence electrons. The molecule has 0 spiro atoms. The van der Waals surface area contributed by atoms with Gasteiger partial charge in [0.25, 0.3) is 5.91 Å². The average Bonchev–Trinajstić information content (AvgIpc) is 3.08. The Morgan fingerprint density at radius 2 is 1.68 bits per heavy atom. The third kappa shape index (κ3) is 5.70. The van der Waals surface area contributed by atoms with Gasteiger partial charge in [-0.05, 0) is 67.1 Å². The average molecular weight is 551 g/mol. The van der Waals surface area contributed by atoms with Crippen molar-refractivity contribution in [2.45, 2.75) is 13.5 Å². The Kier molecular flexibility index (Phi) is 8.06. The lowest BCUT2D eigenvalue weighted by Gasteiger charge is -2.14. The van der Waals surface area contributed by atoms with Gasteiger partial charge in [-0.1, -0.05) is 70.9 Å². The first-order chi connectivity index (χ1) is 16.4. The summed E-state index contributed by atoms with van der Waals surface area (Å²) in [5.41, 5.74) is 2.27. The number of nitrogens with zero attached hydrogens (tertiary/aromatic N) is 1. The molecule has 34 heavy (non-hydrogen) atoms. The summed E-state index contributed by atoms with van der Waals surface area (Å²) in [7, 11) is 0. The molecule has 0 radical (unpaired) electrons. The molecular weight excluding hydrogens is 533 g/mol. The number of carbonyl (C=O) groups excluding carboxylic acids is 1. The highest BCUT2D eigenvalue weighted by atomic mass is 35.5. The fraction of sp³-hybridized carbons (Fsp3) is 0.120. The number of thiocarbonyl (C=S) groups is 1. The number of carbonyl (C=O) groups is 1. The fourth-order valence-corrected chi connectivity index (χ4v) is 5.12. The molecule has 3 aromatic rings. The highest BCUT2D eigenvalue weighted by Crippen LogP contribution is 2.38. The fourth-order valence-electron chi connectivity index (χ4n) is 3.23. The Hall–Kier alpha value is -2.22. The van der Waals surface area contributed by atoms with E-state index in [1.54, 1.807) is 48.5 Å². The summed E-state index contributed by atoms with van der Waals surface area (Å²) in [6, 6.07) is 17.7. The zero-order valence-corrected chi connectivity index (χ0v) is 21.8. The van der Waals surface area contributed by atoms with E-state index >= 15 is 0 Å². The molecule has 1 amide bonds. The Bertz CT molecular complexity index is 1280. The Balaban J connectivity index is 1.55. The highest BCUT2D eigenvalue weighted by molar-refractivity contribution is 8.27. The van der Waals surface area contributed by atoms with Gasteiger partial charge in [0, 0.05) is 20.6 Å². The topological polar surface area (TPSA) is 38.8 Å². The van der Waals surface area contributed by atoms with Gasteiger partial charge >= 0.3 is 0 Å². The maximum absolute atomic E-state index is 13.0. The van der Waals surface area contributed by atoms with Crippen molar-refractivity contribution < 1.29 is 14.3 Å². The summed E-state index contributed by atoms with van der Waals surface area (Å²) in [6.45, 7) is 2.61. The van der Waals surface area contributed by atoms with Crippen molar-refractivity contribution in [2.75, 3.05) is 11.5 Å². The molecule has 0 unspecified atom stereocenters. The van der Waals surface area contributed by atoms with E-state index in [0.717, 1.165) is 11.1 Å². The molecule has 0 aromatic heterocycles. The highest BCUT2D eigenvalue weighted by Gasteiger charge is 2.33. The van der Waals surface area contributed by atoms with E-state index in [2.05, 4.69) is 0 Å². The molecule has 3 aromatic carbocycles. The van der Waals surface area contributed by atoms with E-state index < -0.39 is 0 Å². The second-order valence-corrected chi connectivity index (χ2v) is 10.1. The first kappa shape index (κ1) is 24.9. The lowest BCUT2D eigenvalue weighted by atomic mass is 10.1. The van der Waals surface area contributed by atoms with Gasteiger partial charge in [-0.25, -0.2) is 0 Å². The number of thioether (sulfide) groups is 1. The van der Waals surface area contributed by atoms with Crippen molar-refractivity contribution in [3.63, 3.8) is 0 Å². The zero-order valence-electron chi connectivity index (χ0n) is 17.9.